The van der Waals surface area contributed by atoms with Crippen LogP contribution < -0.4 is 68.0 Å². The number of primary amides is 1. The molecule has 0 aromatic heterocycles. The number of amides is 6. The largest absolute Gasteiger partial charge is 0.370 e. The maximum absolute atomic E-state index is 14.4. The van der Waals surface area contributed by atoms with Crippen LogP contribution in [-0.4, -0.2) is 177 Å². The third-order valence-corrected chi connectivity index (χ3v) is 9.86. The quantitative estimate of drug-likeness (QED) is 0.0170. The van der Waals surface area contributed by atoms with Crippen molar-refractivity contribution < 1.29 is 33.2 Å². The van der Waals surface area contributed by atoms with E-state index < -0.39 is 67.6 Å². The zero-order chi connectivity index (χ0) is 50.9. The lowest BCUT2D eigenvalue weighted by molar-refractivity contribution is -0.147. The first-order valence-corrected chi connectivity index (χ1v) is 22.4. The molecule has 0 saturated carbocycles. The predicted molar refractivity (Wildman–Crippen MR) is 259 cm³/mol. The number of carbonyl (C=O) groups excluding carboxylic acids is 6. The van der Waals surface area contributed by atoms with Crippen molar-refractivity contribution >= 4 is 59.3 Å². The van der Waals surface area contributed by atoms with E-state index in [1.165, 1.54) is 34.1 Å². The molecule has 27 heteroatoms. The minimum Gasteiger partial charge on any atom is -0.370 e. The van der Waals surface area contributed by atoms with Crippen LogP contribution in [0, 0.1) is 5.82 Å². The number of nitrogens with zero attached hydrogens (tertiary/aromatic N) is 8. The van der Waals surface area contributed by atoms with E-state index in [9.17, 15) is 33.2 Å². The predicted octanol–water partition coefficient (Wildman–Crippen LogP) is -5.24. The number of unbranched alkanes of at least 4 members (excludes halogenated alkanes) is 3. The van der Waals surface area contributed by atoms with Gasteiger partial charge in [-0.2, -0.15) is 0 Å². The van der Waals surface area contributed by atoms with Gasteiger partial charge in [-0.05, 0) is 75.7 Å². The van der Waals surface area contributed by atoms with Crippen LogP contribution in [0.4, 0.5) is 4.39 Å². The summed E-state index contributed by atoms with van der Waals surface area (Å²) in [5.41, 5.74) is 55.3. The lowest BCUT2D eigenvalue weighted by Gasteiger charge is -2.31. The fourth-order valence-electron chi connectivity index (χ4n) is 6.37. The van der Waals surface area contributed by atoms with Crippen LogP contribution in [0.3, 0.4) is 0 Å². The van der Waals surface area contributed by atoms with E-state index in [2.05, 4.69) is 30.6 Å². The molecule has 26 nitrogen and oxygen atoms in total. The van der Waals surface area contributed by atoms with Gasteiger partial charge in [-0.15, -0.1) is 0 Å². The summed E-state index contributed by atoms with van der Waals surface area (Å²) in [6, 6.07) is 4.09. The molecule has 1 aromatic carbocycles. The second kappa shape index (κ2) is 34.3. The van der Waals surface area contributed by atoms with Crippen molar-refractivity contribution in [3.8, 4) is 0 Å². The second-order valence-corrected chi connectivity index (χ2v) is 15.7. The normalized spacial score (nSPS) is 11.0. The van der Waals surface area contributed by atoms with Crippen LogP contribution in [0.25, 0.3) is 0 Å². The summed E-state index contributed by atoms with van der Waals surface area (Å²) >= 11 is 0. The first-order valence-electron chi connectivity index (χ1n) is 22.4. The highest BCUT2D eigenvalue weighted by molar-refractivity contribution is 5.92. The summed E-state index contributed by atoms with van der Waals surface area (Å²) in [4.78, 5) is 103. The zero-order valence-corrected chi connectivity index (χ0v) is 39.0. The number of aliphatic imine (C=N–C) groups is 4. The lowest BCUT2D eigenvalue weighted by atomic mass is 10.1. The van der Waals surface area contributed by atoms with Crippen molar-refractivity contribution in [1.82, 2.24) is 30.2 Å². The molecule has 1 atom stereocenters. The first kappa shape index (κ1) is 59.0. The van der Waals surface area contributed by atoms with E-state index in [0.29, 0.717) is 31.5 Å². The molecule has 0 aliphatic carbocycles. The van der Waals surface area contributed by atoms with Crippen molar-refractivity contribution in [3.63, 3.8) is 0 Å². The standard InChI is InChI=1S/C41H75FN20O6/c42-30-12-10-29(11-13-30)24-62(28-35(66)59(20-6-17-55-39(47)48)25-32(63)58-31(37(44)68)9-5-16-54-38(45)46)36(67)27-61(22-8-19-57-41(51)52)34(65)26-60(21-7-18-56-40(49)50)33(64)23-53-15-4-2-1-3-14-43/h10-13,31,53H,1-9,14-28,43H2,(H2,44,68)(H,58,63)(H4,45,46,54)(H4,47,48,55)(H4,49,50,56)(H4,51,52,57)/t31-/m1/s1. The molecular formula is C41H75FN20O6. The van der Waals surface area contributed by atoms with Crippen molar-refractivity contribution in [2.45, 2.75) is 70.4 Å². The van der Waals surface area contributed by atoms with Crippen LogP contribution in [0.5, 0.6) is 0 Å². The van der Waals surface area contributed by atoms with Gasteiger partial charge < -0.3 is 87.6 Å². The first-order chi connectivity index (χ1) is 32.3. The monoisotopic (exact) mass is 963 g/mol. The van der Waals surface area contributed by atoms with Crippen LogP contribution in [0.15, 0.2) is 44.2 Å². The van der Waals surface area contributed by atoms with Gasteiger partial charge in [-0.25, -0.2) is 4.39 Å². The Morgan fingerprint density at radius 2 is 0.956 bits per heavy atom. The molecule has 0 heterocycles. The van der Waals surface area contributed by atoms with Crippen molar-refractivity contribution in [3.05, 3.63) is 35.6 Å². The van der Waals surface area contributed by atoms with Gasteiger partial charge in [0.05, 0.1) is 26.2 Å². The topological polar surface area (TPSA) is 449 Å². The summed E-state index contributed by atoms with van der Waals surface area (Å²) in [7, 11) is 0. The Kier molecular flexibility index (Phi) is 29.8. The van der Waals surface area contributed by atoms with Crippen LogP contribution in [-0.2, 0) is 35.3 Å². The van der Waals surface area contributed by atoms with E-state index in [1.54, 1.807) is 0 Å². The molecule has 1 aromatic rings. The molecule has 0 radical (unpaired) electrons. The zero-order valence-electron chi connectivity index (χ0n) is 39.0. The summed E-state index contributed by atoms with van der Waals surface area (Å²) < 4.78 is 14.0. The van der Waals surface area contributed by atoms with E-state index >= 15 is 0 Å². The highest BCUT2D eigenvalue weighted by Crippen LogP contribution is 2.11. The Balaban J connectivity index is 3.51. The van der Waals surface area contributed by atoms with Gasteiger partial charge in [0.15, 0.2) is 23.8 Å². The Hall–Kier alpha value is -7.03. The highest BCUT2D eigenvalue weighted by Gasteiger charge is 2.28. The van der Waals surface area contributed by atoms with E-state index in [0.717, 1.165) is 35.5 Å². The molecule has 6 amide bonds. The molecule has 0 fully saturated rings. The maximum atomic E-state index is 14.4. The third-order valence-electron chi connectivity index (χ3n) is 9.86. The Morgan fingerprint density at radius 1 is 0.529 bits per heavy atom. The lowest BCUT2D eigenvalue weighted by Crippen LogP contribution is -2.52. The Labute approximate surface area is 396 Å². The van der Waals surface area contributed by atoms with Gasteiger partial charge in [0.2, 0.25) is 35.4 Å². The number of rotatable bonds is 36. The van der Waals surface area contributed by atoms with Gasteiger partial charge in [0, 0.05) is 52.4 Å². The summed E-state index contributed by atoms with van der Waals surface area (Å²) in [5, 5.41) is 5.65. The molecular weight excluding hydrogens is 888 g/mol. The van der Waals surface area contributed by atoms with Crippen molar-refractivity contribution in [2.24, 2.45) is 77.3 Å². The number of guanidine groups is 4. The van der Waals surface area contributed by atoms with Gasteiger partial charge in [0.25, 0.3) is 0 Å². The number of carbonyl (C=O) groups is 6. The summed E-state index contributed by atoms with van der Waals surface area (Å²) in [6.45, 7) is -0.787. The average molecular weight is 963 g/mol. The molecule has 0 aliphatic rings. The number of nitrogens with two attached hydrogens (primary N) is 10. The number of halogens is 1. The van der Waals surface area contributed by atoms with E-state index in [4.69, 9.17) is 57.3 Å². The molecule has 0 spiro atoms. The van der Waals surface area contributed by atoms with Crippen LogP contribution >= 0.6 is 0 Å². The van der Waals surface area contributed by atoms with Crippen LogP contribution in [0.2, 0.25) is 0 Å². The third kappa shape index (κ3) is 28.1. The van der Waals surface area contributed by atoms with E-state index in [1.807, 2.05) is 0 Å². The van der Waals surface area contributed by atoms with Crippen molar-refractivity contribution in [1.29, 1.82) is 0 Å². The van der Waals surface area contributed by atoms with Gasteiger partial charge in [0.1, 0.15) is 18.4 Å². The highest BCUT2D eigenvalue weighted by atomic mass is 19.1. The number of nitrogens with one attached hydrogen (secondary N) is 2. The minimum absolute atomic E-state index is 0.0408. The Morgan fingerprint density at radius 3 is 1.43 bits per heavy atom. The van der Waals surface area contributed by atoms with Gasteiger partial charge >= 0.3 is 0 Å². The molecule has 0 saturated heterocycles. The molecule has 0 aliphatic heterocycles. The van der Waals surface area contributed by atoms with Crippen molar-refractivity contribution in [2.75, 3.05) is 91.6 Å². The fraction of sp³-hybridized carbons (Fsp3) is 0.610. The molecule has 382 valence electrons. The maximum Gasteiger partial charge on any atom is 0.242 e. The molecule has 68 heavy (non-hydrogen) atoms. The summed E-state index contributed by atoms with van der Waals surface area (Å²) in [6.07, 6.45) is 4.71. The molecule has 1 rings (SSSR count). The van der Waals surface area contributed by atoms with Crippen LogP contribution in [0.1, 0.15) is 63.4 Å². The molecule has 0 unspecified atom stereocenters. The average Bonchev–Trinajstić information content (AvgIpc) is 3.27. The van der Waals surface area contributed by atoms with E-state index in [-0.39, 0.29) is 108 Å². The van der Waals surface area contributed by atoms with Gasteiger partial charge in [-0.3, -0.25) is 48.7 Å². The smallest absolute Gasteiger partial charge is 0.242 e. The Bertz CT molecular complexity index is 1830. The summed E-state index contributed by atoms with van der Waals surface area (Å²) in [5.74, 6) is -5.18. The molecule has 22 N–H and O–H groups in total. The van der Waals surface area contributed by atoms with Gasteiger partial charge in [-0.1, -0.05) is 25.0 Å². The number of hydrogen-bond acceptors (Lipinski definition) is 12. The second-order valence-electron chi connectivity index (χ2n) is 15.7. The number of benzene rings is 1. The fourth-order valence-corrected chi connectivity index (χ4v) is 6.37. The number of hydrogen-bond donors (Lipinski definition) is 12. The SMILES string of the molecule is NCCCCCCNCC(=O)N(CCCN=C(N)N)CC(=O)N(CCCN=C(N)N)CC(=O)N(CC(=O)N(CCCN=C(N)N)CC(=O)N[C@H](CCCN=C(N)N)C(N)=O)Cc1ccc(F)cc1. The minimum atomic E-state index is -1.13. The molecule has 0 bridgehead atoms.